The summed E-state index contributed by atoms with van der Waals surface area (Å²) in [6, 6.07) is 5.35. The molecule has 1 rings (SSSR count). The van der Waals surface area contributed by atoms with Gasteiger partial charge in [0.2, 0.25) is 0 Å². The Labute approximate surface area is 138 Å². The van der Waals surface area contributed by atoms with Crippen LogP contribution in [0, 0.1) is 0 Å². The van der Waals surface area contributed by atoms with E-state index in [2.05, 4.69) is 20.8 Å². The molecule has 3 nitrogen and oxygen atoms in total. The number of hydrogen-bond acceptors (Lipinski definition) is 3. The van der Waals surface area contributed by atoms with Crippen molar-refractivity contribution in [1.82, 2.24) is 0 Å². The number of rotatable bonds is 7. The number of esters is 1. The first kappa shape index (κ1) is 18.7. The topological polar surface area (TPSA) is 43.4 Å². The average molecular weight is 325 g/mol. The predicted molar refractivity (Wildman–Crippen MR) is 89.6 cm³/mol. The third kappa shape index (κ3) is 5.80. The second-order valence-electron chi connectivity index (χ2n) is 6.44. The van der Waals surface area contributed by atoms with E-state index in [9.17, 15) is 9.59 Å². The van der Waals surface area contributed by atoms with Gasteiger partial charge in [0.1, 0.15) is 0 Å². The molecule has 0 N–H and O–H groups in total. The molecule has 122 valence electrons. The summed E-state index contributed by atoms with van der Waals surface area (Å²) in [5.74, 6) is -0.408. The normalized spacial score (nSPS) is 11.3. The van der Waals surface area contributed by atoms with Gasteiger partial charge in [0.25, 0.3) is 0 Å². The summed E-state index contributed by atoms with van der Waals surface area (Å²) in [6.07, 6.45) is 2.09. The number of benzene rings is 1. The highest BCUT2D eigenvalue weighted by Crippen LogP contribution is 2.30. The van der Waals surface area contributed by atoms with Crippen molar-refractivity contribution in [2.24, 2.45) is 0 Å². The largest absolute Gasteiger partial charge is 0.466 e. The zero-order chi connectivity index (χ0) is 16.8. The Morgan fingerprint density at radius 2 is 1.86 bits per heavy atom. The number of hydrogen-bond donors (Lipinski definition) is 0. The van der Waals surface area contributed by atoms with Crippen LogP contribution in [0.1, 0.15) is 69.3 Å². The fourth-order valence-corrected chi connectivity index (χ4v) is 2.52. The van der Waals surface area contributed by atoms with Crippen LogP contribution in [0.2, 0.25) is 5.02 Å². The van der Waals surface area contributed by atoms with Crippen molar-refractivity contribution >= 4 is 23.4 Å². The Kier molecular flexibility index (Phi) is 7.08. The van der Waals surface area contributed by atoms with E-state index in [0.29, 0.717) is 17.2 Å². The quantitative estimate of drug-likeness (QED) is 0.405. The maximum atomic E-state index is 12.1. The molecule has 0 aliphatic heterocycles. The van der Waals surface area contributed by atoms with Gasteiger partial charge in [-0.25, -0.2) is 0 Å². The highest BCUT2D eigenvalue weighted by atomic mass is 35.5. The Bertz CT molecular complexity index is 530. The SMILES string of the molecule is CCCCOC(=O)CCC(=O)c1ccc(C(C)(C)C)c(Cl)c1. The number of carbonyl (C=O) groups excluding carboxylic acids is 2. The molecule has 0 aliphatic rings. The van der Waals surface area contributed by atoms with Gasteiger partial charge in [0.15, 0.2) is 5.78 Å². The summed E-state index contributed by atoms with van der Waals surface area (Å²) in [4.78, 5) is 23.6. The van der Waals surface area contributed by atoms with E-state index in [1.165, 1.54) is 0 Å². The smallest absolute Gasteiger partial charge is 0.306 e. The molecule has 1 aromatic carbocycles. The van der Waals surface area contributed by atoms with Gasteiger partial charge >= 0.3 is 5.97 Å². The van der Waals surface area contributed by atoms with Crippen molar-refractivity contribution in [2.45, 2.75) is 58.8 Å². The van der Waals surface area contributed by atoms with Crippen molar-refractivity contribution in [3.05, 3.63) is 34.3 Å². The molecular weight excluding hydrogens is 300 g/mol. The fraction of sp³-hybridized carbons (Fsp3) is 0.556. The highest BCUT2D eigenvalue weighted by molar-refractivity contribution is 6.31. The van der Waals surface area contributed by atoms with Gasteiger partial charge in [-0.15, -0.1) is 0 Å². The zero-order valence-corrected chi connectivity index (χ0v) is 14.6. The summed E-state index contributed by atoms with van der Waals surface area (Å²) in [7, 11) is 0. The van der Waals surface area contributed by atoms with Crippen LogP contribution in [0.5, 0.6) is 0 Å². The molecule has 0 heterocycles. The Morgan fingerprint density at radius 3 is 2.41 bits per heavy atom. The molecule has 1 aromatic rings. The summed E-state index contributed by atoms with van der Waals surface area (Å²) < 4.78 is 5.04. The molecular formula is C18H25ClO3. The summed E-state index contributed by atoms with van der Waals surface area (Å²) in [5, 5.41) is 0.587. The van der Waals surface area contributed by atoms with Crippen LogP contribution < -0.4 is 0 Å². The van der Waals surface area contributed by atoms with Gasteiger partial charge in [-0.05, 0) is 23.5 Å². The van der Waals surface area contributed by atoms with Gasteiger partial charge in [-0.1, -0.05) is 57.8 Å². The molecule has 0 radical (unpaired) electrons. The van der Waals surface area contributed by atoms with Crippen LogP contribution >= 0.6 is 11.6 Å². The second kappa shape index (κ2) is 8.33. The first-order valence-corrected chi connectivity index (χ1v) is 8.12. The maximum absolute atomic E-state index is 12.1. The first-order chi connectivity index (χ1) is 10.3. The van der Waals surface area contributed by atoms with Crippen molar-refractivity contribution < 1.29 is 14.3 Å². The molecule has 0 saturated carbocycles. The summed E-state index contributed by atoms with van der Waals surface area (Å²) >= 11 is 6.26. The predicted octanol–water partition coefficient (Wildman–Crippen LogP) is 4.94. The highest BCUT2D eigenvalue weighted by Gasteiger charge is 2.19. The van der Waals surface area contributed by atoms with Crippen LogP contribution in [0.4, 0.5) is 0 Å². The molecule has 0 fully saturated rings. The third-order valence-electron chi connectivity index (χ3n) is 3.42. The standard InChI is InChI=1S/C18H25ClO3/c1-5-6-11-22-17(21)10-9-16(20)13-7-8-14(15(19)12-13)18(2,3)4/h7-8,12H,5-6,9-11H2,1-4H3. The van der Waals surface area contributed by atoms with Gasteiger partial charge in [0.05, 0.1) is 13.0 Å². The summed E-state index contributed by atoms with van der Waals surface area (Å²) in [5.41, 5.74) is 1.48. The number of carbonyl (C=O) groups is 2. The summed E-state index contributed by atoms with van der Waals surface area (Å²) in [6.45, 7) is 8.67. The van der Waals surface area contributed by atoms with Crippen molar-refractivity contribution in [3.8, 4) is 0 Å². The lowest BCUT2D eigenvalue weighted by Gasteiger charge is -2.20. The van der Waals surface area contributed by atoms with Gasteiger partial charge in [0, 0.05) is 17.0 Å². The van der Waals surface area contributed by atoms with Crippen molar-refractivity contribution in [2.75, 3.05) is 6.61 Å². The lowest BCUT2D eigenvalue weighted by atomic mass is 9.86. The lowest BCUT2D eigenvalue weighted by molar-refractivity contribution is -0.143. The molecule has 0 aliphatic carbocycles. The van der Waals surface area contributed by atoms with Gasteiger partial charge in [-0.2, -0.15) is 0 Å². The van der Waals surface area contributed by atoms with Crippen LogP contribution in [0.3, 0.4) is 0 Å². The number of halogens is 1. The molecule has 0 aromatic heterocycles. The molecule has 0 amide bonds. The van der Waals surface area contributed by atoms with E-state index in [1.807, 2.05) is 13.0 Å². The Hall–Kier alpha value is -1.35. The molecule has 0 saturated heterocycles. The molecule has 22 heavy (non-hydrogen) atoms. The van der Waals surface area contributed by atoms with Gasteiger partial charge in [-0.3, -0.25) is 9.59 Å². The minimum absolute atomic E-state index is 0.0677. The van der Waals surface area contributed by atoms with E-state index in [0.717, 1.165) is 18.4 Å². The lowest BCUT2D eigenvalue weighted by Crippen LogP contribution is -2.13. The van der Waals surface area contributed by atoms with E-state index >= 15 is 0 Å². The Balaban J connectivity index is 2.60. The molecule has 0 atom stereocenters. The monoisotopic (exact) mass is 324 g/mol. The molecule has 0 spiro atoms. The maximum Gasteiger partial charge on any atom is 0.306 e. The van der Waals surface area contributed by atoms with Crippen LogP contribution in [0.25, 0.3) is 0 Å². The van der Waals surface area contributed by atoms with Crippen molar-refractivity contribution in [3.63, 3.8) is 0 Å². The van der Waals surface area contributed by atoms with E-state index in [1.54, 1.807) is 12.1 Å². The number of ketones is 1. The van der Waals surface area contributed by atoms with Crippen LogP contribution in [-0.2, 0) is 14.9 Å². The fourth-order valence-electron chi connectivity index (χ4n) is 2.06. The molecule has 4 heteroatoms. The average Bonchev–Trinajstić information content (AvgIpc) is 2.43. The zero-order valence-electron chi connectivity index (χ0n) is 13.9. The van der Waals surface area contributed by atoms with Crippen molar-refractivity contribution in [1.29, 1.82) is 0 Å². The second-order valence-corrected chi connectivity index (χ2v) is 6.85. The van der Waals surface area contributed by atoms with E-state index in [-0.39, 0.29) is 30.0 Å². The van der Waals surface area contributed by atoms with E-state index < -0.39 is 0 Å². The van der Waals surface area contributed by atoms with Crippen LogP contribution in [0.15, 0.2) is 18.2 Å². The minimum atomic E-state index is -0.320. The van der Waals surface area contributed by atoms with Gasteiger partial charge < -0.3 is 4.74 Å². The molecule has 0 bridgehead atoms. The number of ether oxygens (including phenoxy) is 1. The van der Waals surface area contributed by atoms with Crippen LogP contribution in [-0.4, -0.2) is 18.4 Å². The Morgan fingerprint density at radius 1 is 1.18 bits per heavy atom. The number of unbranched alkanes of at least 4 members (excludes halogenated alkanes) is 1. The van der Waals surface area contributed by atoms with E-state index in [4.69, 9.17) is 16.3 Å². The first-order valence-electron chi connectivity index (χ1n) is 7.74. The number of Topliss-reactive ketones (excluding diaryl/α,β-unsaturated/α-hetero) is 1. The third-order valence-corrected chi connectivity index (χ3v) is 3.73. The molecule has 0 unspecified atom stereocenters. The minimum Gasteiger partial charge on any atom is -0.466 e.